The van der Waals surface area contributed by atoms with Gasteiger partial charge in [-0.25, -0.2) is 17.8 Å². The van der Waals surface area contributed by atoms with Crippen molar-refractivity contribution in [1.29, 1.82) is 0 Å². The summed E-state index contributed by atoms with van der Waals surface area (Å²) in [5.74, 6) is -0.410. The molecule has 1 aliphatic heterocycles. The van der Waals surface area contributed by atoms with E-state index < -0.39 is 21.4 Å². The molecule has 0 unspecified atom stereocenters. The van der Waals surface area contributed by atoms with E-state index in [2.05, 4.69) is 10.1 Å². The van der Waals surface area contributed by atoms with Gasteiger partial charge in [0.15, 0.2) is 5.65 Å². The van der Waals surface area contributed by atoms with Crippen LogP contribution in [-0.4, -0.2) is 45.7 Å². The number of sulfonamides is 1. The molecule has 9 heteroatoms. The van der Waals surface area contributed by atoms with Gasteiger partial charge in [-0.15, -0.1) is 0 Å². The second-order valence-electron chi connectivity index (χ2n) is 6.56. The highest BCUT2D eigenvalue weighted by atomic mass is 32.2. The van der Waals surface area contributed by atoms with Gasteiger partial charge in [0.05, 0.1) is 5.69 Å². The van der Waals surface area contributed by atoms with Crippen molar-refractivity contribution in [1.82, 2.24) is 19.1 Å². The van der Waals surface area contributed by atoms with Gasteiger partial charge in [-0.05, 0) is 30.7 Å². The summed E-state index contributed by atoms with van der Waals surface area (Å²) < 4.78 is 41.5. The van der Waals surface area contributed by atoms with E-state index in [9.17, 15) is 17.9 Å². The van der Waals surface area contributed by atoms with Crippen LogP contribution in [0.1, 0.15) is 11.3 Å². The van der Waals surface area contributed by atoms with Gasteiger partial charge in [-0.3, -0.25) is 4.68 Å². The molecule has 1 N–H and O–H groups in total. The number of hydrogen-bond acceptors (Lipinski definition) is 5. The van der Waals surface area contributed by atoms with Crippen molar-refractivity contribution in [2.24, 2.45) is 7.05 Å². The third-order valence-corrected chi connectivity index (χ3v) is 6.49. The number of hydrogen-bond donors (Lipinski definition) is 1. The summed E-state index contributed by atoms with van der Waals surface area (Å²) in [6.45, 7) is 1.60. The molecule has 0 atom stereocenters. The number of pyridine rings is 1. The van der Waals surface area contributed by atoms with Crippen LogP contribution in [0.5, 0.6) is 0 Å². The van der Waals surface area contributed by atoms with E-state index in [0.29, 0.717) is 22.3 Å². The second kappa shape index (κ2) is 5.57. The first-order valence-electron chi connectivity index (χ1n) is 7.99. The van der Waals surface area contributed by atoms with Crippen LogP contribution < -0.4 is 0 Å². The van der Waals surface area contributed by atoms with Crippen LogP contribution in [0.2, 0.25) is 0 Å². The van der Waals surface area contributed by atoms with Crippen molar-refractivity contribution < 1.29 is 17.9 Å². The van der Waals surface area contributed by atoms with Crippen LogP contribution in [0.25, 0.3) is 11.0 Å². The zero-order valence-corrected chi connectivity index (χ0v) is 15.0. The fourth-order valence-electron chi connectivity index (χ4n) is 3.23. The molecule has 0 radical (unpaired) electrons. The third kappa shape index (κ3) is 2.51. The summed E-state index contributed by atoms with van der Waals surface area (Å²) in [6, 6.07) is 6.97. The van der Waals surface area contributed by atoms with Gasteiger partial charge in [0.25, 0.3) is 0 Å². The van der Waals surface area contributed by atoms with Crippen molar-refractivity contribution in [3.8, 4) is 0 Å². The quantitative estimate of drug-likeness (QED) is 0.745. The lowest BCUT2D eigenvalue weighted by Gasteiger charge is -2.45. The average molecular weight is 376 g/mol. The van der Waals surface area contributed by atoms with Crippen molar-refractivity contribution in [3.63, 3.8) is 0 Å². The van der Waals surface area contributed by atoms with E-state index in [1.165, 1.54) is 34.8 Å². The molecule has 0 spiro atoms. The smallest absolute Gasteiger partial charge is 0.244 e. The highest BCUT2D eigenvalue weighted by molar-refractivity contribution is 7.89. The molecular weight excluding hydrogens is 359 g/mol. The molecular formula is C17H17FN4O3S. The fourth-order valence-corrected chi connectivity index (χ4v) is 4.75. The van der Waals surface area contributed by atoms with E-state index in [0.717, 1.165) is 0 Å². The summed E-state index contributed by atoms with van der Waals surface area (Å²) in [4.78, 5) is 4.26. The van der Waals surface area contributed by atoms with Crippen LogP contribution in [0.4, 0.5) is 4.39 Å². The van der Waals surface area contributed by atoms with Gasteiger partial charge in [-0.2, -0.15) is 9.40 Å². The minimum absolute atomic E-state index is 0.0576. The Morgan fingerprint density at radius 3 is 2.54 bits per heavy atom. The van der Waals surface area contributed by atoms with Crippen molar-refractivity contribution in [3.05, 3.63) is 53.6 Å². The molecule has 0 amide bonds. The van der Waals surface area contributed by atoms with Crippen molar-refractivity contribution >= 4 is 21.1 Å². The summed E-state index contributed by atoms with van der Waals surface area (Å²) >= 11 is 0. The van der Waals surface area contributed by atoms with Crippen LogP contribution >= 0.6 is 0 Å². The highest BCUT2D eigenvalue weighted by Crippen LogP contribution is 2.36. The Hall–Kier alpha value is -2.36. The van der Waals surface area contributed by atoms with E-state index in [1.807, 2.05) is 0 Å². The van der Waals surface area contributed by atoms with E-state index in [4.69, 9.17) is 0 Å². The van der Waals surface area contributed by atoms with Crippen molar-refractivity contribution in [2.45, 2.75) is 17.4 Å². The molecule has 0 aliphatic carbocycles. The minimum atomic E-state index is -3.79. The van der Waals surface area contributed by atoms with Gasteiger partial charge < -0.3 is 5.11 Å². The highest BCUT2D eigenvalue weighted by Gasteiger charge is 2.48. The third-order valence-electron chi connectivity index (χ3n) is 4.73. The minimum Gasteiger partial charge on any atom is -0.382 e. The topological polar surface area (TPSA) is 88.3 Å². The van der Waals surface area contributed by atoms with Gasteiger partial charge in [0, 0.05) is 31.7 Å². The molecule has 1 aromatic carbocycles. The molecule has 4 rings (SSSR count). The first kappa shape index (κ1) is 17.1. The number of rotatable bonds is 3. The second-order valence-corrected chi connectivity index (χ2v) is 8.50. The number of aryl methyl sites for hydroxylation is 2. The maximum absolute atomic E-state index is 13.0. The Morgan fingerprint density at radius 1 is 1.23 bits per heavy atom. The summed E-state index contributed by atoms with van der Waals surface area (Å²) in [7, 11) is -2.04. The van der Waals surface area contributed by atoms with Gasteiger partial charge in [0.2, 0.25) is 10.0 Å². The normalized spacial score (nSPS) is 17.4. The Kier molecular flexibility index (Phi) is 3.66. The van der Waals surface area contributed by atoms with E-state index in [-0.39, 0.29) is 18.0 Å². The maximum Gasteiger partial charge on any atom is 0.244 e. The predicted octanol–water partition coefficient (Wildman–Crippen LogP) is 1.31. The summed E-state index contributed by atoms with van der Waals surface area (Å²) in [6.07, 6.45) is 1.30. The zero-order valence-electron chi connectivity index (χ0n) is 14.2. The Labute approximate surface area is 149 Å². The Bertz CT molecular complexity index is 1100. The average Bonchev–Trinajstić information content (AvgIpc) is 2.86. The Morgan fingerprint density at radius 2 is 1.88 bits per heavy atom. The lowest BCUT2D eigenvalue weighted by Crippen LogP contribution is -2.61. The molecule has 3 aromatic rings. The van der Waals surface area contributed by atoms with Gasteiger partial charge in [0.1, 0.15) is 16.3 Å². The number of aliphatic hydroxyl groups is 1. The molecule has 1 saturated heterocycles. The molecule has 0 saturated carbocycles. The molecule has 136 valence electrons. The van der Waals surface area contributed by atoms with Crippen LogP contribution in [0.15, 0.2) is 41.4 Å². The molecule has 3 heterocycles. The number of benzene rings is 1. The monoisotopic (exact) mass is 376 g/mol. The van der Waals surface area contributed by atoms with E-state index in [1.54, 1.807) is 24.7 Å². The first-order valence-corrected chi connectivity index (χ1v) is 9.43. The molecule has 0 bridgehead atoms. The lowest BCUT2D eigenvalue weighted by molar-refractivity contribution is -0.0648. The molecule has 2 aromatic heterocycles. The van der Waals surface area contributed by atoms with Gasteiger partial charge >= 0.3 is 0 Å². The molecule has 1 aliphatic rings. The number of fused-ring (bicyclic) bond motifs is 1. The predicted molar refractivity (Wildman–Crippen MR) is 92.3 cm³/mol. The molecule has 7 nitrogen and oxygen atoms in total. The zero-order chi connectivity index (χ0) is 18.7. The van der Waals surface area contributed by atoms with Gasteiger partial charge in [-0.1, -0.05) is 12.1 Å². The SMILES string of the molecule is Cc1nn(C)c2ncc(S(=O)(=O)N3CC(O)(c4ccc(F)cc4)C3)cc12. The van der Waals surface area contributed by atoms with E-state index >= 15 is 0 Å². The first-order chi connectivity index (χ1) is 12.2. The molecule has 1 fully saturated rings. The maximum atomic E-state index is 13.0. The summed E-state index contributed by atoms with van der Waals surface area (Å²) in [5, 5.41) is 15.5. The van der Waals surface area contributed by atoms with Crippen LogP contribution in [0.3, 0.4) is 0 Å². The number of halogens is 1. The molecule has 26 heavy (non-hydrogen) atoms. The number of aromatic nitrogens is 3. The number of β-amino-alcohol motifs (C(OH)–C–C–N with tert-alkyl or cyclic N) is 1. The Balaban J connectivity index is 1.62. The van der Waals surface area contributed by atoms with Crippen LogP contribution in [0, 0.1) is 12.7 Å². The standard InChI is InChI=1S/C17H17FN4O3S/c1-11-15-7-14(8-19-16(15)21(2)20-11)26(24,25)22-9-17(23,10-22)12-3-5-13(18)6-4-12/h3-8,23H,9-10H2,1-2H3. The van der Waals surface area contributed by atoms with Crippen molar-refractivity contribution in [2.75, 3.05) is 13.1 Å². The fraction of sp³-hybridized carbons (Fsp3) is 0.294. The van der Waals surface area contributed by atoms with Crippen LogP contribution in [-0.2, 0) is 22.7 Å². The number of nitrogens with zero attached hydrogens (tertiary/aromatic N) is 4. The summed E-state index contributed by atoms with van der Waals surface area (Å²) in [5.41, 5.74) is 0.469. The lowest BCUT2D eigenvalue weighted by atomic mass is 9.88. The largest absolute Gasteiger partial charge is 0.382 e.